The fourth-order valence-corrected chi connectivity index (χ4v) is 2.35. The highest BCUT2D eigenvalue weighted by Crippen LogP contribution is 2.12. The third kappa shape index (κ3) is 3.25. The van der Waals surface area contributed by atoms with Gasteiger partial charge in [0, 0.05) is 30.7 Å². The SMILES string of the molecule is CCC(C(=O)NCc1cccnc1-n1cncn1)n1cccn1. The van der Waals surface area contributed by atoms with E-state index in [1.54, 1.807) is 40.3 Å². The molecule has 8 nitrogen and oxygen atoms in total. The summed E-state index contributed by atoms with van der Waals surface area (Å²) in [6, 6.07) is 5.21. The number of nitrogens with zero attached hydrogens (tertiary/aromatic N) is 6. The quantitative estimate of drug-likeness (QED) is 0.737. The molecular weight excluding hydrogens is 294 g/mol. The normalized spacial score (nSPS) is 12.0. The van der Waals surface area contributed by atoms with Crippen molar-refractivity contribution in [3.8, 4) is 5.82 Å². The van der Waals surface area contributed by atoms with Crippen molar-refractivity contribution in [3.63, 3.8) is 0 Å². The highest BCUT2D eigenvalue weighted by Gasteiger charge is 2.18. The summed E-state index contributed by atoms with van der Waals surface area (Å²) < 4.78 is 3.24. The van der Waals surface area contributed by atoms with Crippen LogP contribution in [0.2, 0.25) is 0 Å². The number of carbonyl (C=O) groups is 1. The summed E-state index contributed by atoms with van der Waals surface area (Å²) in [7, 11) is 0. The number of carbonyl (C=O) groups excluding carboxylic acids is 1. The van der Waals surface area contributed by atoms with E-state index in [0.29, 0.717) is 18.8 Å². The van der Waals surface area contributed by atoms with Crippen LogP contribution in [0.5, 0.6) is 0 Å². The van der Waals surface area contributed by atoms with Crippen molar-refractivity contribution in [1.29, 1.82) is 0 Å². The molecule has 0 aliphatic rings. The van der Waals surface area contributed by atoms with Gasteiger partial charge in [0.15, 0.2) is 5.82 Å². The summed E-state index contributed by atoms with van der Waals surface area (Å²) in [5, 5.41) is 11.2. The number of hydrogen-bond donors (Lipinski definition) is 1. The Bertz CT molecular complexity index is 752. The first kappa shape index (κ1) is 14.9. The van der Waals surface area contributed by atoms with Crippen molar-refractivity contribution >= 4 is 5.91 Å². The molecule has 0 saturated heterocycles. The van der Waals surface area contributed by atoms with E-state index in [9.17, 15) is 4.79 Å². The smallest absolute Gasteiger partial charge is 0.245 e. The maximum atomic E-state index is 12.4. The Balaban J connectivity index is 1.72. The van der Waals surface area contributed by atoms with Gasteiger partial charge in [-0.15, -0.1) is 0 Å². The molecule has 23 heavy (non-hydrogen) atoms. The summed E-state index contributed by atoms with van der Waals surface area (Å²) in [4.78, 5) is 20.6. The van der Waals surface area contributed by atoms with Crippen molar-refractivity contribution in [2.45, 2.75) is 25.9 Å². The molecule has 8 heteroatoms. The van der Waals surface area contributed by atoms with Crippen molar-refractivity contribution in [2.75, 3.05) is 0 Å². The van der Waals surface area contributed by atoms with Gasteiger partial charge in [0.25, 0.3) is 0 Å². The maximum absolute atomic E-state index is 12.4. The van der Waals surface area contributed by atoms with Crippen LogP contribution in [0.1, 0.15) is 24.9 Å². The van der Waals surface area contributed by atoms with Crippen molar-refractivity contribution in [3.05, 3.63) is 55.0 Å². The second-order valence-electron chi connectivity index (χ2n) is 4.95. The predicted molar refractivity (Wildman–Crippen MR) is 82.6 cm³/mol. The van der Waals surface area contributed by atoms with Crippen molar-refractivity contribution < 1.29 is 4.79 Å². The first-order valence-corrected chi connectivity index (χ1v) is 7.35. The van der Waals surface area contributed by atoms with Crippen LogP contribution in [0.15, 0.2) is 49.4 Å². The van der Waals surface area contributed by atoms with E-state index in [2.05, 4.69) is 25.5 Å². The Morgan fingerprint density at radius 2 is 2.22 bits per heavy atom. The third-order valence-electron chi connectivity index (χ3n) is 3.49. The third-order valence-corrected chi connectivity index (χ3v) is 3.49. The second kappa shape index (κ2) is 6.82. The van der Waals surface area contributed by atoms with E-state index in [0.717, 1.165) is 5.56 Å². The average Bonchev–Trinajstić information content (AvgIpc) is 3.27. The minimum atomic E-state index is -0.323. The number of nitrogens with one attached hydrogen (secondary N) is 1. The van der Waals surface area contributed by atoms with Crippen molar-refractivity contribution in [2.24, 2.45) is 0 Å². The van der Waals surface area contributed by atoms with E-state index in [1.807, 2.05) is 19.1 Å². The zero-order valence-corrected chi connectivity index (χ0v) is 12.7. The second-order valence-corrected chi connectivity index (χ2v) is 4.95. The Labute approximate surface area is 133 Å². The predicted octanol–water partition coefficient (Wildman–Crippen LogP) is 1.13. The molecule has 1 amide bonds. The summed E-state index contributed by atoms with van der Waals surface area (Å²) in [6.45, 7) is 2.32. The van der Waals surface area contributed by atoms with Gasteiger partial charge in [-0.25, -0.2) is 14.6 Å². The van der Waals surface area contributed by atoms with Gasteiger partial charge in [-0.3, -0.25) is 9.48 Å². The standard InChI is InChI=1S/C15H17N7O/c1-2-13(21-8-4-7-19-21)15(23)18-9-12-5-3-6-17-14(12)22-11-16-10-20-22/h3-8,10-11,13H,2,9H2,1H3,(H,18,23). The zero-order chi connectivity index (χ0) is 16.1. The molecule has 0 aliphatic carbocycles. The molecular formula is C15H17N7O. The number of rotatable bonds is 6. The first-order chi connectivity index (χ1) is 11.3. The van der Waals surface area contributed by atoms with Crippen LogP contribution in [0.25, 0.3) is 5.82 Å². The molecule has 1 atom stereocenters. The van der Waals surface area contributed by atoms with Gasteiger partial charge < -0.3 is 5.32 Å². The summed E-state index contributed by atoms with van der Waals surface area (Å²) in [5.41, 5.74) is 0.863. The highest BCUT2D eigenvalue weighted by atomic mass is 16.2. The molecule has 3 heterocycles. The summed E-state index contributed by atoms with van der Waals surface area (Å²) in [5.74, 6) is 0.571. The lowest BCUT2D eigenvalue weighted by atomic mass is 10.2. The zero-order valence-electron chi connectivity index (χ0n) is 12.7. The number of hydrogen-bond acceptors (Lipinski definition) is 5. The first-order valence-electron chi connectivity index (χ1n) is 7.35. The Kier molecular flexibility index (Phi) is 4.41. The summed E-state index contributed by atoms with van der Waals surface area (Å²) in [6.07, 6.45) is 8.82. The number of aromatic nitrogens is 6. The van der Waals surface area contributed by atoms with Gasteiger partial charge in [-0.2, -0.15) is 10.2 Å². The molecule has 0 aliphatic heterocycles. The van der Waals surface area contributed by atoms with Gasteiger partial charge in [0.1, 0.15) is 18.7 Å². The largest absolute Gasteiger partial charge is 0.350 e. The molecule has 1 N–H and O–H groups in total. The minimum absolute atomic E-state index is 0.0791. The van der Waals surface area contributed by atoms with Gasteiger partial charge >= 0.3 is 0 Å². The van der Waals surface area contributed by atoms with E-state index in [1.165, 1.54) is 6.33 Å². The van der Waals surface area contributed by atoms with E-state index in [-0.39, 0.29) is 11.9 Å². The van der Waals surface area contributed by atoms with Gasteiger partial charge in [-0.05, 0) is 18.6 Å². The Morgan fingerprint density at radius 3 is 2.91 bits per heavy atom. The lowest BCUT2D eigenvalue weighted by Crippen LogP contribution is -2.32. The maximum Gasteiger partial charge on any atom is 0.245 e. The monoisotopic (exact) mass is 311 g/mol. The topological polar surface area (TPSA) is 90.5 Å². The van der Waals surface area contributed by atoms with Gasteiger partial charge in [0.05, 0.1) is 0 Å². The molecule has 3 aromatic heterocycles. The van der Waals surface area contributed by atoms with E-state index >= 15 is 0 Å². The van der Waals surface area contributed by atoms with Crippen LogP contribution in [0, 0.1) is 0 Å². The van der Waals surface area contributed by atoms with Gasteiger partial charge in [-0.1, -0.05) is 13.0 Å². The molecule has 0 radical (unpaired) electrons. The molecule has 0 fully saturated rings. The van der Waals surface area contributed by atoms with E-state index in [4.69, 9.17) is 0 Å². The van der Waals surface area contributed by atoms with Crippen LogP contribution >= 0.6 is 0 Å². The Morgan fingerprint density at radius 1 is 1.30 bits per heavy atom. The molecule has 0 aromatic carbocycles. The van der Waals surface area contributed by atoms with E-state index < -0.39 is 0 Å². The molecule has 118 valence electrons. The molecule has 0 bridgehead atoms. The lowest BCUT2D eigenvalue weighted by molar-refractivity contribution is -0.124. The Hall–Kier alpha value is -3.03. The molecule has 3 rings (SSSR count). The minimum Gasteiger partial charge on any atom is -0.350 e. The number of pyridine rings is 1. The average molecular weight is 311 g/mol. The molecule has 0 spiro atoms. The fourth-order valence-electron chi connectivity index (χ4n) is 2.35. The van der Waals surface area contributed by atoms with Crippen LogP contribution in [0.4, 0.5) is 0 Å². The molecule has 1 unspecified atom stereocenters. The molecule has 0 saturated carbocycles. The van der Waals surface area contributed by atoms with Crippen molar-refractivity contribution in [1.82, 2.24) is 34.8 Å². The van der Waals surface area contributed by atoms with Crippen LogP contribution in [-0.2, 0) is 11.3 Å². The summed E-state index contributed by atoms with van der Waals surface area (Å²) >= 11 is 0. The van der Waals surface area contributed by atoms with Gasteiger partial charge in [0.2, 0.25) is 5.91 Å². The van der Waals surface area contributed by atoms with Crippen LogP contribution in [0.3, 0.4) is 0 Å². The van der Waals surface area contributed by atoms with Crippen LogP contribution in [-0.4, -0.2) is 35.4 Å². The lowest BCUT2D eigenvalue weighted by Gasteiger charge is -2.16. The van der Waals surface area contributed by atoms with Crippen LogP contribution < -0.4 is 5.32 Å². The molecule has 3 aromatic rings. The highest BCUT2D eigenvalue weighted by molar-refractivity contribution is 5.80. The fraction of sp³-hybridized carbons (Fsp3) is 0.267. The number of amides is 1.